The van der Waals surface area contributed by atoms with Crippen LogP contribution in [0.1, 0.15) is 33.6 Å². The predicted octanol–water partition coefficient (Wildman–Crippen LogP) is -4.95. The molecule has 3 N–H and O–H groups in total. The highest BCUT2D eigenvalue weighted by atomic mass is 35.5. The van der Waals surface area contributed by atoms with E-state index in [-0.39, 0.29) is 24.8 Å². The summed E-state index contributed by atoms with van der Waals surface area (Å²) in [5.41, 5.74) is 3.76. The van der Waals surface area contributed by atoms with Crippen LogP contribution in [0.3, 0.4) is 0 Å². The first-order valence-electron chi connectivity index (χ1n) is 7.83. The zero-order chi connectivity index (χ0) is 16.0. The van der Waals surface area contributed by atoms with Crippen molar-refractivity contribution in [1.29, 1.82) is 0 Å². The topological polar surface area (TPSA) is 61.8 Å². The molecule has 1 aliphatic rings. The molecule has 1 saturated heterocycles. The molecule has 1 rings (SSSR count). The van der Waals surface area contributed by atoms with Crippen molar-refractivity contribution in [1.82, 2.24) is 0 Å². The van der Waals surface area contributed by atoms with E-state index < -0.39 is 9.84 Å². The van der Waals surface area contributed by atoms with Gasteiger partial charge in [0.05, 0.1) is 39.5 Å². The number of likely N-dealkylation sites (tertiary alicyclic amines) is 1. The predicted molar refractivity (Wildman–Crippen MR) is 86.0 cm³/mol. The summed E-state index contributed by atoms with van der Waals surface area (Å²) in [4.78, 5) is 0. The van der Waals surface area contributed by atoms with Crippen LogP contribution in [0.2, 0.25) is 0 Å². The highest BCUT2D eigenvalue weighted by Crippen LogP contribution is 2.30. The van der Waals surface area contributed by atoms with Crippen molar-refractivity contribution in [2.45, 2.75) is 33.6 Å². The van der Waals surface area contributed by atoms with Crippen molar-refractivity contribution in [3.8, 4) is 0 Å². The van der Waals surface area contributed by atoms with Crippen LogP contribution in [0.15, 0.2) is 0 Å². The summed E-state index contributed by atoms with van der Waals surface area (Å²) in [5.74, 6) is 2.14. The Morgan fingerprint density at radius 1 is 1.14 bits per heavy atom. The van der Waals surface area contributed by atoms with Crippen molar-refractivity contribution in [3.63, 3.8) is 0 Å². The van der Waals surface area contributed by atoms with E-state index in [0.717, 1.165) is 36.5 Å². The lowest BCUT2D eigenvalue weighted by Crippen LogP contribution is -3.00. The van der Waals surface area contributed by atoms with Crippen LogP contribution in [-0.4, -0.2) is 58.6 Å². The Bertz CT molecular complexity index is 372. The normalized spacial score (nSPS) is 24.3. The molecule has 1 fully saturated rings. The maximum Gasteiger partial charge on any atom is 0.147 e. The molecule has 7 heteroatoms. The van der Waals surface area contributed by atoms with Gasteiger partial charge in [0.15, 0.2) is 0 Å². The highest BCUT2D eigenvalue weighted by molar-refractivity contribution is 7.90. The molecule has 22 heavy (non-hydrogen) atoms. The Morgan fingerprint density at radius 2 is 1.59 bits per heavy atom. The van der Waals surface area contributed by atoms with Crippen molar-refractivity contribution in [2.75, 3.05) is 45.7 Å². The standard InChI is InChI=1S/C10H22NO2S.C5H13N.2ClH/c1-5-9-6-11(2,3)7-10(9)8-14(4,12)13;1-3-5(2)4-6;;/h9-10H,5-8H2,1-4H3;5H,3-4,6H2,1-2H3;2*1H/q+1;;;/p-1. The van der Waals surface area contributed by atoms with Gasteiger partial charge >= 0.3 is 0 Å². The minimum absolute atomic E-state index is 0. The van der Waals surface area contributed by atoms with Gasteiger partial charge < -0.3 is 35.0 Å². The first kappa shape index (κ1) is 27.3. The smallest absolute Gasteiger partial charge is 0.147 e. The maximum atomic E-state index is 11.3. The number of quaternary nitrogens is 2. The average molecular weight is 379 g/mol. The average Bonchev–Trinajstić information content (AvgIpc) is 2.61. The second kappa shape index (κ2) is 11.9. The molecular formula is C15H36Cl2N2O2S. The lowest BCUT2D eigenvalue weighted by molar-refractivity contribution is -0.880. The van der Waals surface area contributed by atoms with Gasteiger partial charge in [-0.2, -0.15) is 0 Å². The molecule has 0 saturated carbocycles. The van der Waals surface area contributed by atoms with Crippen molar-refractivity contribution >= 4 is 9.84 Å². The number of halogens is 2. The van der Waals surface area contributed by atoms with Crippen LogP contribution >= 0.6 is 0 Å². The van der Waals surface area contributed by atoms with Gasteiger partial charge in [-0.1, -0.05) is 20.8 Å². The van der Waals surface area contributed by atoms with Crippen molar-refractivity contribution in [2.24, 2.45) is 17.8 Å². The van der Waals surface area contributed by atoms with Gasteiger partial charge in [0.25, 0.3) is 0 Å². The fourth-order valence-electron chi connectivity index (χ4n) is 2.89. The zero-order valence-electron chi connectivity index (χ0n) is 15.1. The molecule has 138 valence electrons. The van der Waals surface area contributed by atoms with Crippen LogP contribution in [0.5, 0.6) is 0 Å². The third kappa shape index (κ3) is 11.9. The van der Waals surface area contributed by atoms with E-state index in [1.54, 1.807) is 0 Å². The first-order chi connectivity index (χ1) is 9.04. The van der Waals surface area contributed by atoms with Gasteiger partial charge in [-0.3, -0.25) is 0 Å². The minimum Gasteiger partial charge on any atom is -1.00 e. The summed E-state index contributed by atoms with van der Waals surface area (Å²) >= 11 is 0. The van der Waals surface area contributed by atoms with Crippen LogP contribution < -0.4 is 30.5 Å². The van der Waals surface area contributed by atoms with Gasteiger partial charge in [-0.25, -0.2) is 8.42 Å². The van der Waals surface area contributed by atoms with Crippen molar-refractivity contribution < 1.29 is 43.4 Å². The lowest BCUT2D eigenvalue weighted by Gasteiger charge is -2.23. The summed E-state index contributed by atoms with van der Waals surface area (Å²) in [6.07, 6.45) is 3.71. The summed E-state index contributed by atoms with van der Waals surface area (Å²) in [5, 5.41) is 0. The molecule has 4 nitrogen and oxygen atoms in total. The molecule has 0 bridgehead atoms. The summed E-state index contributed by atoms with van der Waals surface area (Å²) in [7, 11) is 1.56. The highest BCUT2D eigenvalue weighted by Gasteiger charge is 2.40. The number of rotatable bonds is 5. The molecule has 0 amide bonds. The van der Waals surface area contributed by atoms with Crippen LogP contribution in [-0.2, 0) is 9.84 Å². The fourth-order valence-corrected chi connectivity index (χ4v) is 4.04. The fraction of sp³-hybridized carbons (Fsp3) is 1.00. The number of nitrogens with zero attached hydrogens (tertiary/aromatic N) is 1. The van der Waals surface area contributed by atoms with Crippen LogP contribution in [0.25, 0.3) is 0 Å². The van der Waals surface area contributed by atoms with E-state index in [9.17, 15) is 8.42 Å². The van der Waals surface area contributed by atoms with E-state index in [0.29, 0.717) is 17.6 Å². The summed E-state index contributed by atoms with van der Waals surface area (Å²) in [6, 6.07) is 0. The number of sulfone groups is 1. The second-order valence-corrected chi connectivity index (χ2v) is 9.31. The zero-order valence-corrected chi connectivity index (χ0v) is 17.4. The van der Waals surface area contributed by atoms with Gasteiger partial charge in [0.1, 0.15) is 9.84 Å². The summed E-state index contributed by atoms with van der Waals surface area (Å²) < 4.78 is 23.5. The second-order valence-electron chi connectivity index (χ2n) is 7.12. The third-order valence-corrected chi connectivity index (χ3v) is 5.39. The van der Waals surface area contributed by atoms with E-state index in [4.69, 9.17) is 0 Å². The summed E-state index contributed by atoms with van der Waals surface area (Å²) in [6.45, 7) is 9.77. The van der Waals surface area contributed by atoms with Gasteiger partial charge in [0, 0.05) is 24.0 Å². The van der Waals surface area contributed by atoms with Crippen LogP contribution in [0.4, 0.5) is 0 Å². The Balaban J connectivity index is -0.000000392. The van der Waals surface area contributed by atoms with Gasteiger partial charge in [0.2, 0.25) is 0 Å². The Labute approximate surface area is 150 Å². The Morgan fingerprint density at radius 3 is 1.86 bits per heavy atom. The van der Waals surface area contributed by atoms with E-state index >= 15 is 0 Å². The van der Waals surface area contributed by atoms with E-state index in [2.05, 4.69) is 40.6 Å². The number of hydrogen-bond acceptors (Lipinski definition) is 2. The molecule has 0 aliphatic carbocycles. The Hall–Kier alpha value is 0.450. The van der Waals surface area contributed by atoms with E-state index in [1.165, 1.54) is 12.7 Å². The van der Waals surface area contributed by atoms with Gasteiger partial charge in [-0.15, -0.1) is 0 Å². The Kier molecular flexibility index (Phi) is 14.8. The molecular weight excluding hydrogens is 343 g/mol. The minimum atomic E-state index is -2.81. The molecule has 0 radical (unpaired) electrons. The molecule has 1 aliphatic heterocycles. The third-order valence-electron chi connectivity index (χ3n) is 4.36. The molecule has 1 heterocycles. The molecule has 0 aromatic carbocycles. The molecule has 3 unspecified atom stereocenters. The van der Waals surface area contributed by atoms with E-state index in [1.807, 2.05) is 0 Å². The molecule has 3 atom stereocenters. The van der Waals surface area contributed by atoms with Gasteiger partial charge in [-0.05, 0) is 12.8 Å². The molecule has 0 aromatic rings. The van der Waals surface area contributed by atoms with Crippen LogP contribution in [0, 0.1) is 17.8 Å². The monoisotopic (exact) mass is 378 g/mol. The maximum absolute atomic E-state index is 11.3. The molecule has 0 aromatic heterocycles. The lowest BCUT2D eigenvalue weighted by atomic mass is 9.96. The quantitative estimate of drug-likeness (QED) is 0.487. The number of hydrogen-bond donors (Lipinski definition) is 1. The van der Waals surface area contributed by atoms with Crippen molar-refractivity contribution in [3.05, 3.63) is 0 Å². The molecule has 0 spiro atoms. The SMILES string of the molecule is CCC(C)C[NH3+].CCC1C[N+](C)(C)CC1CS(C)(=O)=O.[Cl-].[Cl-]. The first-order valence-corrected chi connectivity index (χ1v) is 9.89. The largest absolute Gasteiger partial charge is 1.00 e.